The monoisotopic (exact) mass is 307 g/mol. The van der Waals surface area contributed by atoms with Gasteiger partial charge in [0.05, 0.1) is 17.8 Å². The van der Waals surface area contributed by atoms with Gasteiger partial charge in [-0.25, -0.2) is 23.5 Å². The lowest BCUT2D eigenvalue weighted by Crippen LogP contribution is -2.50. The van der Waals surface area contributed by atoms with Crippen molar-refractivity contribution in [1.82, 2.24) is 13.9 Å². The van der Waals surface area contributed by atoms with Gasteiger partial charge in [-0.05, 0) is 36.8 Å². The van der Waals surface area contributed by atoms with Crippen LogP contribution in [-0.2, 0) is 0 Å². The molecule has 5 heteroatoms. The third-order valence-electron chi connectivity index (χ3n) is 5.57. The first-order valence-corrected chi connectivity index (χ1v) is 8.14. The van der Waals surface area contributed by atoms with Gasteiger partial charge in [0, 0.05) is 0 Å². The van der Waals surface area contributed by atoms with Crippen LogP contribution in [-0.4, -0.2) is 13.9 Å². The molecule has 4 atom stereocenters. The van der Waals surface area contributed by atoms with Gasteiger partial charge in [-0.2, -0.15) is 0 Å². The molecule has 1 aliphatic carbocycles. The fraction of sp³-hybridized carbons (Fsp3) is 0.333. The van der Waals surface area contributed by atoms with Crippen LogP contribution >= 0.6 is 0 Å². The molecule has 2 aromatic rings. The van der Waals surface area contributed by atoms with Crippen LogP contribution in [0.3, 0.4) is 0 Å². The number of fused-ring (bicyclic) bond motifs is 3. The van der Waals surface area contributed by atoms with E-state index in [1.807, 2.05) is 30.4 Å². The van der Waals surface area contributed by atoms with Crippen molar-refractivity contribution in [2.24, 2.45) is 11.8 Å². The van der Waals surface area contributed by atoms with E-state index in [4.69, 9.17) is 0 Å². The van der Waals surface area contributed by atoms with E-state index in [1.165, 1.54) is 4.57 Å². The zero-order chi connectivity index (χ0) is 15.6. The normalized spacial score (nSPS) is 30.3. The fourth-order valence-electron chi connectivity index (χ4n) is 4.38. The Morgan fingerprint density at radius 3 is 1.78 bits per heavy atom. The molecule has 0 amide bonds. The van der Waals surface area contributed by atoms with Crippen molar-refractivity contribution in [3.63, 3.8) is 0 Å². The molecule has 3 aliphatic rings. The van der Waals surface area contributed by atoms with Crippen LogP contribution in [0.2, 0.25) is 0 Å². The molecule has 1 aromatic heterocycles. The van der Waals surface area contributed by atoms with Gasteiger partial charge < -0.3 is 0 Å². The fourth-order valence-corrected chi connectivity index (χ4v) is 4.38. The minimum absolute atomic E-state index is 0.0138. The zero-order valence-electron chi connectivity index (χ0n) is 12.6. The first kappa shape index (κ1) is 12.9. The van der Waals surface area contributed by atoms with Gasteiger partial charge >= 0.3 is 11.4 Å². The van der Waals surface area contributed by atoms with Crippen LogP contribution in [0.5, 0.6) is 0 Å². The molecule has 2 bridgehead atoms. The molecule has 116 valence electrons. The van der Waals surface area contributed by atoms with Crippen LogP contribution < -0.4 is 11.4 Å². The molecular formula is C18H17N3O2. The van der Waals surface area contributed by atoms with Crippen LogP contribution in [0.1, 0.15) is 24.9 Å². The van der Waals surface area contributed by atoms with Crippen LogP contribution in [0.15, 0.2) is 64.2 Å². The number of para-hydroxylation sites is 1. The van der Waals surface area contributed by atoms with Gasteiger partial charge in [0.2, 0.25) is 0 Å². The Morgan fingerprint density at radius 1 is 0.783 bits per heavy atom. The quantitative estimate of drug-likeness (QED) is 0.809. The Morgan fingerprint density at radius 2 is 1.30 bits per heavy atom. The lowest BCUT2D eigenvalue weighted by atomic mass is 9.64. The van der Waals surface area contributed by atoms with Crippen molar-refractivity contribution >= 4 is 0 Å². The summed E-state index contributed by atoms with van der Waals surface area (Å²) in [6.45, 7) is 0. The third-order valence-corrected chi connectivity index (χ3v) is 5.57. The first-order valence-electron chi connectivity index (χ1n) is 8.14. The Kier molecular flexibility index (Phi) is 2.52. The van der Waals surface area contributed by atoms with Gasteiger partial charge in [-0.15, -0.1) is 0 Å². The summed E-state index contributed by atoms with van der Waals surface area (Å²) in [6.07, 6.45) is 10.4. The highest BCUT2D eigenvalue weighted by Crippen LogP contribution is 2.51. The largest absolute Gasteiger partial charge is 0.352 e. The number of benzene rings is 1. The summed E-state index contributed by atoms with van der Waals surface area (Å²) < 4.78 is 4.67. The average molecular weight is 307 g/mol. The second-order valence-electron chi connectivity index (χ2n) is 6.58. The van der Waals surface area contributed by atoms with E-state index in [9.17, 15) is 9.59 Å². The molecule has 5 rings (SSSR count). The SMILES string of the molecule is O=c1n(-c2ccccc2)c(=O)n2n1C1C=CC=CC2C2CCC21. The minimum Gasteiger partial charge on any atom is -0.245 e. The van der Waals surface area contributed by atoms with Crippen molar-refractivity contribution in [3.8, 4) is 5.69 Å². The van der Waals surface area contributed by atoms with Gasteiger partial charge in [0.25, 0.3) is 0 Å². The molecule has 1 fully saturated rings. The van der Waals surface area contributed by atoms with E-state index < -0.39 is 0 Å². The number of hydrogen-bond donors (Lipinski definition) is 0. The molecule has 0 N–H and O–H groups in total. The number of allylic oxidation sites excluding steroid dienone is 4. The Bertz CT molecular complexity index is 887. The first-order chi connectivity index (χ1) is 11.3. The lowest BCUT2D eigenvalue weighted by molar-refractivity contribution is 0.0274. The predicted octanol–water partition coefficient (Wildman–Crippen LogP) is 2.05. The predicted molar refractivity (Wildman–Crippen MR) is 86.9 cm³/mol. The third kappa shape index (κ3) is 1.57. The average Bonchev–Trinajstić information content (AvgIpc) is 2.76. The van der Waals surface area contributed by atoms with Crippen molar-refractivity contribution < 1.29 is 0 Å². The lowest BCUT2D eigenvalue weighted by Gasteiger charge is -2.49. The van der Waals surface area contributed by atoms with Crippen LogP contribution in [0.25, 0.3) is 5.69 Å². The zero-order valence-corrected chi connectivity index (χ0v) is 12.6. The second-order valence-corrected chi connectivity index (χ2v) is 6.58. The maximum atomic E-state index is 13.0. The Labute approximate surface area is 132 Å². The Balaban J connectivity index is 1.84. The summed E-state index contributed by atoms with van der Waals surface area (Å²) in [7, 11) is 0. The number of hydrogen-bond acceptors (Lipinski definition) is 2. The van der Waals surface area contributed by atoms with Crippen molar-refractivity contribution in [3.05, 3.63) is 75.6 Å². The highest BCUT2D eigenvalue weighted by molar-refractivity contribution is 5.31. The topological polar surface area (TPSA) is 48.9 Å². The number of aromatic nitrogens is 3. The van der Waals surface area contributed by atoms with Gasteiger partial charge in [-0.3, -0.25) is 0 Å². The molecule has 2 aliphatic heterocycles. The molecule has 0 saturated heterocycles. The van der Waals surface area contributed by atoms with Crippen LogP contribution in [0, 0.1) is 11.8 Å². The van der Waals surface area contributed by atoms with Gasteiger partial charge in [-0.1, -0.05) is 42.5 Å². The summed E-state index contributed by atoms with van der Waals surface area (Å²) in [5, 5.41) is 0. The van der Waals surface area contributed by atoms with E-state index in [0.717, 1.165) is 12.8 Å². The van der Waals surface area contributed by atoms with E-state index >= 15 is 0 Å². The molecule has 4 unspecified atom stereocenters. The molecular weight excluding hydrogens is 290 g/mol. The van der Waals surface area contributed by atoms with E-state index in [2.05, 4.69) is 12.2 Å². The molecule has 5 nitrogen and oxygen atoms in total. The smallest absolute Gasteiger partial charge is 0.245 e. The maximum Gasteiger partial charge on any atom is 0.352 e. The van der Waals surface area contributed by atoms with Crippen molar-refractivity contribution in [1.29, 1.82) is 0 Å². The molecule has 0 spiro atoms. The molecule has 3 heterocycles. The summed E-state index contributed by atoms with van der Waals surface area (Å²) in [5.74, 6) is 0.926. The maximum absolute atomic E-state index is 13.0. The summed E-state index contributed by atoms with van der Waals surface area (Å²) in [5.41, 5.74) is 0.164. The standard InChI is InChI=1S/C18H17N3O2/c22-17-19(12-6-2-1-3-7-12)18(23)21-16-9-5-4-8-15(20(17)21)13-10-11-14(13)16/h1-9,13-16H,10-11H2. The van der Waals surface area contributed by atoms with E-state index in [1.54, 1.807) is 21.5 Å². The summed E-state index contributed by atoms with van der Waals surface area (Å²) in [6, 6.07) is 9.16. The number of rotatable bonds is 1. The Hall–Kier alpha value is -2.56. The second kappa shape index (κ2) is 4.47. The molecule has 1 saturated carbocycles. The van der Waals surface area contributed by atoms with Crippen LogP contribution in [0.4, 0.5) is 0 Å². The molecule has 23 heavy (non-hydrogen) atoms. The highest BCUT2D eigenvalue weighted by Gasteiger charge is 2.48. The summed E-state index contributed by atoms with van der Waals surface area (Å²) in [4.78, 5) is 26.0. The van der Waals surface area contributed by atoms with Gasteiger partial charge in [0.15, 0.2) is 0 Å². The van der Waals surface area contributed by atoms with Crippen molar-refractivity contribution in [2.45, 2.75) is 24.9 Å². The van der Waals surface area contributed by atoms with Gasteiger partial charge in [0.1, 0.15) is 0 Å². The van der Waals surface area contributed by atoms with E-state index in [-0.39, 0.29) is 23.5 Å². The number of nitrogens with zero attached hydrogens (tertiary/aromatic N) is 3. The minimum atomic E-state index is -0.235. The van der Waals surface area contributed by atoms with Crippen molar-refractivity contribution in [2.75, 3.05) is 0 Å². The molecule has 0 radical (unpaired) electrons. The van der Waals surface area contributed by atoms with E-state index in [0.29, 0.717) is 17.5 Å². The highest BCUT2D eigenvalue weighted by atomic mass is 16.2. The summed E-state index contributed by atoms with van der Waals surface area (Å²) >= 11 is 0. The molecule has 1 aromatic carbocycles.